The number of carbonyl (C=O) groups is 1. The van der Waals surface area contributed by atoms with Gasteiger partial charge in [0.25, 0.3) is 0 Å². The van der Waals surface area contributed by atoms with Gasteiger partial charge >= 0.3 is 0 Å². The minimum atomic E-state index is -0.381. The summed E-state index contributed by atoms with van der Waals surface area (Å²) in [6.07, 6.45) is 3.98. The molecule has 1 saturated heterocycles. The fraction of sp³-hybridized carbons (Fsp3) is 0.412. The van der Waals surface area contributed by atoms with Gasteiger partial charge in [0.05, 0.1) is 19.2 Å². The normalized spacial score (nSPS) is 21.4. The molecule has 23 heavy (non-hydrogen) atoms. The first kappa shape index (κ1) is 16.1. The lowest BCUT2D eigenvalue weighted by molar-refractivity contribution is -0.122. The van der Waals surface area contributed by atoms with Crippen molar-refractivity contribution in [1.29, 1.82) is 0 Å². The predicted molar refractivity (Wildman–Crippen MR) is 90.0 cm³/mol. The monoisotopic (exact) mass is 331 g/mol. The molecule has 1 amide bonds. The molecule has 0 aliphatic carbocycles. The molecule has 0 aromatic carbocycles. The molecule has 2 aromatic rings. The van der Waals surface area contributed by atoms with Crippen molar-refractivity contribution in [3.8, 4) is 0 Å². The van der Waals surface area contributed by atoms with E-state index < -0.39 is 0 Å². The van der Waals surface area contributed by atoms with E-state index in [-0.39, 0.29) is 17.9 Å². The van der Waals surface area contributed by atoms with Gasteiger partial charge < -0.3 is 10.4 Å². The van der Waals surface area contributed by atoms with Crippen molar-refractivity contribution in [1.82, 2.24) is 15.2 Å². The highest BCUT2D eigenvalue weighted by Crippen LogP contribution is 2.21. The van der Waals surface area contributed by atoms with Crippen molar-refractivity contribution in [2.24, 2.45) is 5.92 Å². The Morgan fingerprint density at radius 3 is 2.91 bits per heavy atom. The van der Waals surface area contributed by atoms with Gasteiger partial charge in [-0.25, -0.2) is 0 Å². The van der Waals surface area contributed by atoms with Gasteiger partial charge in [-0.15, -0.1) is 11.3 Å². The highest BCUT2D eigenvalue weighted by atomic mass is 32.1. The fourth-order valence-corrected chi connectivity index (χ4v) is 3.60. The lowest BCUT2D eigenvalue weighted by atomic mass is 9.97. The average molecular weight is 331 g/mol. The third-order valence-corrected chi connectivity index (χ3v) is 5.01. The number of thiophene rings is 1. The Kier molecular flexibility index (Phi) is 5.38. The predicted octanol–water partition coefficient (Wildman–Crippen LogP) is 1.29. The summed E-state index contributed by atoms with van der Waals surface area (Å²) in [7, 11) is 0. The average Bonchev–Trinajstić information content (AvgIpc) is 3.17. The molecule has 1 fully saturated rings. The van der Waals surface area contributed by atoms with Gasteiger partial charge in [-0.2, -0.15) is 0 Å². The smallest absolute Gasteiger partial charge is 0.234 e. The minimum absolute atomic E-state index is 0.00941. The third-order valence-electron chi connectivity index (χ3n) is 4.14. The SMILES string of the molecule is O=C(CN1C[C@@H](Cc2ccncc2)[C@@H](O)C1)NCc1cccs1. The van der Waals surface area contributed by atoms with Crippen molar-refractivity contribution in [2.75, 3.05) is 19.6 Å². The Morgan fingerprint density at radius 2 is 2.17 bits per heavy atom. The maximum atomic E-state index is 12.0. The summed E-state index contributed by atoms with van der Waals surface area (Å²) < 4.78 is 0. The third kappa shape index (κ3) is 4.60. The molecule has 0 saturated carbocycles. The van der Waals surface area contributed by atoms with Crippen molar-refractivity contribution >= 4 is 17.2 Å². The number of aliphatic hydroxyl groups is 1. The van der Waals surface area contributed by atoms with Gasteiger partial charge in [-0.3, -0.25) is 14.7 Å². The first-order valence-corrected chi connectivity index (χ1v) is 8.67. The number of aromatic nitrogens is 1. The lowest BCUT2D eigenvalue weighted by Crippen LogP contribution is -2.36. The Balaban J connectivity index is 1.45. The summed E-state index contributed by atoms with van der Waals surface area (Å²) in [6, 6.07) is 7.94. The minimum Gasteiger partial charge on any atom is -0.391 e. The van der Waals surface area contributed by atoms with Gasteiger partial charge in [0, 0.05) is 36.3 Å². The second-order valence-electron chi connectivity index (χ2n) is 5.94. The maximum Gasteiger partial charge on any atom is 0.234 e. The van der Waals surface area contributed by atoms with Crippen molar-refractivity contribution < 1.29 is 9.90 Å². The van der Waals surface area contributed by atoms with Crippen LogP contribution in [-0.4, -0.2) is 46.6 Å². The molecule has 122 valence electrons. The van der Waals surface area contributed by atoms with E-state index in [1.165, 1.54) is 5.56 Å². The summed E-state index contributed by atoms with van der Waals surface area (Å²) in [5, 5.41) is 15.2. The van der Waals surface area contributed by atoms with Crippen molar-refractivity contribution in [3.63, 3.8) is 0 Å². The van der Waals surface area contributed by atoms with Crippen LogP contribution < -0.4 is 5.32 Å². The van der Waals surface area contributed by atoms with Crippen LogP contribution in [0, 0.1) is 5.92 Å². The van der Waals surface area contributed by atoms with E-state index in [0.29, 0.717) is 19.6 Å². The first-order chi connectivity index (χ1) is 11.2. The van der Waals surface area contributed by atoms with Crippen LogP contribution in [0.1, 0.15) is 10.4 Å². The van der Waals surface area contributed by atoms with E-state index >= 15 is 0 Å². The number of amides is 1. The number of hydrogen-bond donors (Lipinski definition) is 2. The molecule has 2 atom stereocenters. The molecule has 1 aliphatic rings. The summed E-state index contributed by atoms with van der Waals surface area (Å²) in [6.45, 7) is 2.22. The Hall–Kier alpha value is -1.76. The molecular formula is C17H21N3O2S. The number of β-amino-alcohol motifs (C(OH)–C–C–N with tert-alkyl or cyclic N) is 1. The molecule has 3 heterocycles. The number of rotatable bonds is 6. The Morgan fingerprint density at radius 1 is 1.35 bits per heavy atom. The van der Waals surface area contributed by atoms with Crippen LogP contribution >= 0.6 is 11.3 Å². The molecule has 3 rings (SSSR count). The van der Waals surface area contributed by atoms with Gasteiger partial charge in [-0.05, 0) is 35.6 Å². The number of likely N-dealkylation sites (tertiary alicyclic amines) is 1. The number of carbonyl (C=O) groups excluding carboxylic acids is 1. The molecule has 0 bridgehead atoms. The first-order valence-electron chi connectivity index (χ1n) is 7.79. The highest BCUT2D eigenvalue weighted by molar-refractivity contribution is 7.09. The zero-order valence-corrected chi connectivity index (χ0v) is 13.7. The maximum absolute atomic E-state index is 12.0. The Labute approximate surface area is 140 Å². The molecule has 6 heteroatoms. The topological polar surface area (TPSA) is 65.5 Å². The Bertz CT molecular complexity index is 618. The largest absolute Gasteiger partial charge is 0.391 e. The summed E-state index contributed by atoms with van der Waals surface area (Å²) in [5.41, 5.74) is 1.17. The zero-order chi connectivity index (χ0) is 16.1. The van der Waals surface area contributed by atoms with Gasteiger partial charge in [0.15, 0.2) is 0 Å². The molecule has 1 aliphatic heterocycles. The summed E-state index contributed by atoms with van der Waals surface area (Å²) in [5.74, 6) is 0.178. The van der Waals surface area contributed by atoms with Gasteiger partial charge in [-0.1, -0.05) is 6.07 Å². The molecule has 2 aromatic heterocycles. The van der Waals surface area contributed by atoms with Crippen molar-refractivity contribution in [2.45, 2.75) is 19.1 Å². The van der Waals surface area contributed by atoms with Crippen LogP contribution in [0.5, 0.6) is 0 Å². The number of hydrogen-bond acceptors (Lipinski definition) is 5. The zero-order valence-electron chi connectivity index (χ0n) is 12.9. The van der Waals surface area contributed by atoms with Gasteiger partial charge in [0.1, 0.15) is 0 Å². The van der Waals surface area contributed by atoms with Crippen LogP contribution in [0.4, 0.5) is 0 Å². The molecular weight excluding hydrogens is 310 g/mol. The van der Waals surface area contributed by atoms with E-state index in [9.17, 15) is 9.90 Å². The van der Waals surface area contributed by atoms with E-state index in [0.717, 1.165) is 17.8 Å². The molecule has 0 unspecified atom stereocenters. The quantitative estimate of drug-likeness (QED) is 0.837. The van der Waals surface area contributed by atoms with E-state index in [4.69, 9.17) is 0 Å². The molecule has 0 radical (unpaired) electrons. The number of nitrogens with zero attached hydrogens (tertiary/aromatic N) is 2. The molecule has 0 spiro atoms. The second kappa shape index (κ2) is 7.68. The molecule has 5 nitrogen and oxygen atoms in total. The standard InChI is InChI=1S/C17H21N3O2S/c21-16-11-20(10-14(16)8-13-3-5-18-6-4-13)12-17(22)19-9-15-2-1-7-23-15/h1-7,14,16,21H,8-12H2,(H,19,22)/t14-,16+/m1/s1. The summed E-state index contributed by atoms with van der Waals surface area (Å²) in [4.78, 5) is 19.2. The number of nitrogens with one attached hydrogen (secondary N) is 1. The van der Waals surface area contributed by atoms with Crippen molar-refractivity contribution in [3.05, 3.63) is 52.5 Å². The summed E-state index contributed by atoms with van der Waals surface area (Å²) >= 11 is 1.64. The second-order valence-corrected chi connectivity index (χ2v) is 6.97. The van der Waals surface area contributed by atoms with E-state index in [2.05, 4.69) is 10.3 Å². The van der Waals surface area contributed by atoms with Gasteiger partial charge in [0.2, 0.25) is 5.91 Å². The lowest BCUT2D eigenvalue weighted by Gasteiger charge is -2.15. The van der Waals surface area contributed by atoms with Crippen LogP contribution in [0.2, 0.25) is 0 Å². The number of aliphatic hydroxyl groups excluding tert-OH is 1. The van der Waals surface area contributed by atoms with Crippen LogP contribution in [-0.2, 0) is 17.8 Å². The van der Waals surface area contributed by atoms with Crippen LogP contribution in [0.25, 0.3) is 0 Å². The molecule has 2 N–H and O–H groups in total. The van der Waals surface area contributed by atoms with Crippen LogP contribution in [0.3, 0.4) is 0 Å². The highest BCUT2D eigenvalue weighted by Gasteiger charge is 2.32. The fourth-order valence-electron chi connectivity index (χ4n) is 2.95. The van der Waals surface area contributed by atoms with Crippen LogP contribution in [0.15, 0.2) is 42.0 Å². The van der Waals surface area contributed by atoms with E-state index in [1.54, 1.807) is 23.7 Å². The number of pyridine rings is 1. The van der Waals surface area contributed by atoms with E-state index in [1.807, 2.05) is 34.5 Å².